The van der Waals surface area contributed by atoms with Crippen molar-refractivity contribution in [3.63, 3.8) is 0 Å². The Morgan fingerprint density at radius 2 is 2.00 bits per heavy atom. The van der Waals surface area contributed by atoms with E-state index in [1.54, 1.807) is 6.07 Å². The summed E-state index contributed by atoms with van der Waals surface area (Å²) in [4.78, 5) is 26.6. The lowest BCUT2D eigenvalue weighted by Gasteiger charge is -2.20. The van der Waals surface area contributed by atoms with Crippen LogP contribution in [0.3, 0.4) is 0 Å². The maximum atomic E-state index is 12.7. The molecule has 1 atom stereocenters. The van der Waals surface area contributed by atoms with Crippen molar-refractivity contribution in [2.45, 2.75) is 25.8 Å². The summed E-state index contributed by atoms with van der Waals surface area (Å²) in [6.45, 7) is 3.54. The van der Waals surface area contributed by atoms with E-state index in [1.165, 1.54) is 7.11 Å². The normalized spacial score (nSPS) is 15.0. The number of amides is 2. The van der Waals surface area contributed by atoms with Crippen LogP contribution in [0, 0.1) is 6.92 Å². The Labute approximate surface area is 142 Å². The van der Waals surface area contributed by atoms with Crippen LogP contribution in [0.25, 0.3) is 0 Å². The fraction of sp³-hybridized carbons (Fsp3) is 0.500. The third kappa shape index (κ3) is 4.67. The van der Waals surface area contributed by atoms with Gasteiger partial charge in [-0.05, 0) is 31.4 Å². The second-order valence-electron chi connectivity index (χ2n) is 5.55. The lowest BCUT2D eigenvalue weighted by atomic mass is 10.0. The third-order valence-electron chi connectivity index (χ3n) is 3.82. The van der Waals surface area contributed by atoms with Crippen molar-refractivity contribution in [2.75, 3.05) is 32.1 Å². The van der Waals surface area contributed by atoms with Crippen LogP contribution < -0.4 is 11.1 Å². The number of aryl methyl sites for hydroxylation is 1. The lowest BCUT2D eigenvalue weighted by molar-refractivity contribution is -0.118. The highest BCUT2D eigenvalue weighted by atomic mass is 35.5. The first-order valence-electron chi connectivity index (χ1n) is 7.49. The van der Waals surface area contributed by atoms with Crippen LogP contribution >= 0.6 is 12.4 Å². The molecule has 23 heavy (non-hydrogen) atoms. The van der Waals surface area contributed by atoms with E-state index in [0.717, 1.165) is 31.5 Å². The molecule has 1 saturated heterocycles. The standard InChI is InChI=1S/C16H23N3O3.ClH/c1-11-6-5-7-13(18-15(20)12(17)10-22-2)14(11)16(21)19-8-3-4-9-19;/h5-7,12H,3-4,8-10,17H2,1-2H3,(H,18,20);1H. The predicted octanol–water partition coefficient (Wildman–Crippen LogP) is 1.57. The quantitative estimate of drug-likeness (QED) is 0.851. The molecule has 0 radical (unpaired) electrons. The number of hydrogen-bond acceptors (Lipinski definition) is 4. The molecule has 0 saturated carbocycles. The van der Waals surface area contributed by atoms with E-state index in [2.05, 4.69) is 5.32 Å². The van der Waals surface area contributed by atoms with Gasteiger partial charge in [0.25, 0.3) is 5.91 Å². The summed E-state index contributed by atoms with van der Waals surface area (Å²) in [5, 5.41) is 2.75. The zero-order valence-corrected chi connectivity index (χ0v) is 14.3. The number of ether oxygens (including phenoxy) is 1. The first kappa shape index (κ1) is 19.4. The van der Waals surface area contributed by atoms with Crippen LogP contribution in [0.2, 0.25) is 0 Å². The van der Waals surface area contributed by atoms with Gasteiger partial charge in [0.1, 0.15) is 6.04 Å². The van der Waals surface area contributed by atoms with Gasteiger partial charge in [-0.15, -0.1) is 12.4 Å². The number of rotatable bonds is 5. The van der Waals surface area contributed by atoms with Crippen LogP contribution in [0.5, 0.6) is 0 Å². The highest BCUT2D eigenvalue weighted by Crippen LogP contribution is 2.23. The Kier molecular flexibility index (Phi) is 7.48. The van der Waals surface area contributed by atoms with Crippen molar-refractivity contribution in [2.24, 2.45) is 5.73 Å². The summed E-state index contributed by atoms with van der Waals surface area (Å²) in [7, 11) is 1.49. The Hall–Kier alpha value is -1.63. The van der Waals surface area contributed by atoms with Crippen molar-refractivity contribution in [1.29, 1.82) is 0 Å². The number of benzene rings is 1. The van der Waals surface area contributed by atoms with E-state index in [9.17, 15) is 9.59 Å². The molecule has 0 bridgehead atoms. The molecule has 1 heterocycles. The van der Waals surface area contributed by atoms with E-state index < -0.39 is 6.04 Å². The largest absolute Gasteiger partial charge is 0.383 e. The first-order valence-corrected chi connectivity index (χ1v) is 7.49. The smallest absolute Gasteiger partial charge is 0.256 e. The summed E-state index contributed by atoms with van der Waals surface area (Å²) < 4.78 is 4.88. The highest BCUT2D eigenvalue weighted by molar-refractivity contribution is 6.05. The minimum absolute atomic E-state index is 0. The zero-order chi connectivity index (χ0) is 16.1. The zero-order valence-electron chi connectivity index (χ0n) is 13.5. The highest BCUT2D eigenvalue weighted by Gasteiger charge is 2.24. The van der Waals surface area contributed by atoms with Gasteiger partial charge >= 0.3 is 0 Å². The molecule has 2 amide bonds. The number of halogens is 1. The van der Waals surface area contributed by atoms with E-state index in [4.69, 9.17) is 10.5 Å². The molecule has 1 aliphatic heterocycles. The first-order chi connectivity index (χ1) is 10.5. The fourth-order valence-corrected chi connectivity index (χ4v) is 2.61. The average Bonchev–Trinajstić information content (AvgIpc) is 3.01. The van der Waals surface area contributed by atoms with Crippen molar-refractivity contribution in [3.8, 4) is 0 Å². The fourth-order valence-electron chi connectivity index (χ4n) is 2.61. The van der Waals surface area contributed by atoms with Crippen molar-refractivity contribution in [1.82, 2.24) is 4.90 Å². The van der Waals surface area contributed by atoms with E-state index >= 15 is 0 Å². The van der Waals surface area contributed by atoms with Gasteiger partial charge in [0.15, 0.2) is 0 Å². The lowest BCUT2D eigenvalue weighted by Crippen LogP contribution is -2.39. The van der Waals surface area contributed by atoms with Crippen LogP contribution in [0.15, 0.2) is 18.2 Å². The summed E-state index contributed by atoms with van der Waals surface area (Å²) in [6, 6.07) is 4.65. The monoisotopic (exact) mass is 341 g/mol. The van der Waals surface area contributed by atoms with Gasteiger partial charge in [-0.3, -0.25) is 9.59 Å². The molecular formula is C16H24ClN3O3. The number of anilines is 1. The third-order valence-corrected chi connectivity index (χ3v) is 3.82. The van der Waals surface area contributed by atoms with Gasteiger partial charge in [-0.2, -0.15) is 0 Å². The molecule has 0 aromatic heterocycles. The number of nitrogens with one attached hydrogen (secondary N) is 1. The molecule has 3 N–H and O–H groups in total. The van der Waals surface area contributed by atoms with Gasteiger partial charge in [-0.1, -0.05) is 12.1 Å². The number of nitrogens with zero attached hydrogens (tertiary/aromatic N) is 1. The number of nitrogens with two attached hydrogens (primary N) is 1. The van der Waals surface area contributed by atoms with Crippen LogP contribution in [-0.2, 0) is 9.53 Å². The number of carbonyl (C=O) groups excluding carboxylic acids is 2. The van der Waals surface area contributed by atoms with Gasteiger partial charge in [0.05, 0.1) is 17.9 Å². The maximum Gasteiger partial charge on any atom is 0.256 e. The van der Waals surface area contributed by atoms with Crippen molar-refractivity contribution < 1.29 is 14.3 Å². The van der Waals surface area contributed by atoms with Crippen molar-refractivity contribution in [3.05, 3.63) is 29.3 Å². The molecule has 1 aliphatic rings. The van der Waals surface area contributed by atoms with Crippen LogP contribution in [-0.4, -0.2) is 49.6 Å². The van der Waals surface area contributed by atoms with E-state index in [0.29, 0.717) is 11.3 Å². The molecule has 1 aromatic carbocycles. The molecular weight excluding hydrogens is 318 g/mol. The maximum absolute atomic E-state index is 12.7. The SMILES string of the molecule is COCC(N)C(=O)Nc1cccc(C)c1C(=O)N1CCCC1.Cl. The van der Waals surface area contributed by atoms with Gasteiger partial charge in [-0.25, -0.2) is 0 Å². The Morgan fingerprint density at radius 3 is 2.61 bits per heavy atom. The molecule has 1 fully saturated rings. The molecule has 1 aromatic rings. The summed E-state index contributed by atoms with van der Waals surface area (Å²) in [5.74, 6) is -0.394. The van der Waals surface area contributed by atoms with Gasteiger partial charge in [0, 0.05) is 20.2 Å². The number of methoxy groups -OCH3 is 1. The van der Waals surface area contributed by atoms with Gasteiger partial charge in [0.2, 0.25) is 5.91 Å². The molecule has 6 nitrogen and oxygen atoms in total. The van der Waals surface area contributed by atoms with Crippen LogP contribution in [0.4, 0.5) is 5.69 Å². The number of likely N-dealkylation sites (tertiary alicyclic amines) is 1. The average molecular weight is 342 g/mol. The predicted molar refractivity (Wildman–Crippen MR) is 92.0 cm³/mol. The molecule has 1 unspecified atom stereocenters. The van der Waals surface area contributed by atoms with E-state index in [1.807, 2.05) is 24.0 Å². The summed E-state index contributed by atoms with van der Waals surface area (Å²) in [5.41, 5.74) is 7.62. The molecule has 2 rings (SSSR count). The minimum Gasteiger partial charge on any atom is -0.383 e. The Bertz CT molecular complexity index is 560. The number of carbonyl (C=O) groups is 2. The number of hydrogen-bond donors (Lipinski definition) is 2. The van der Waals surface area contributed by atoms with Gasteiger partial charge < -0.3 is 20.7 Å². The Morgan fingerprint density at radius 1 is 1.35 bits per heavy atom. The van der Waals surface area contributed by atoms with Crippen LogP contribution in [0.1, 0.15) is 28.8 Å². The molecule has 128 valence electrons. The molecule has 0 aliphatic carbocycles. The Balaban J connectivity index is 0.00000264. The minimum atomic E-state index is -0.764. The second-order valence-corrected chi connectivity index (χ2v) is 5.55. The summed E-state index contributed by atoms with van der Waals surface area (Å²) in [6.07, 6.45) is 2.05. The molecule has 0 spiro atoms. The summed E-state index contributed by atoms with van der Waals surface area (Å²) >= 11 is 0. The van der Waals surface area contributed by atoms with E-state index in [-0.39, 0.29) is 30.8 Å². The van der Waals surface area contributed by atoms with Crippen molar-refractivity contribution >= 4 is 29.9 Å². The second kappa shape index (κ2) is 8.86. The topological polar surface area (TPSA) is 84.7 Å². The molecule has 7 heteroatoms.